The van der Waals surface area contributed by atoms with Crippen molar-refractivity contribution in [3.05, 3.63) is 29.8 Å². The van der Waals surface area contributed by atoms with Crippen molar-refractivity contribution in [2.75, 3.05) is 7.11 Å². The van der Waals surface area contributed by atoms with Gasteiger partial charge >= 0.3 is 0 Å². The molecule has 0 spiro atoms. The number of methoxy groups -OCH3 is 1. The molecule has 2 atom stereocenters. The van der Waals surface area contributed by atoms with Crippen molar-refractivity contribution in [3.63, 3.8) is 0 Å². The van der Waals surface area contributed by atoms with E-state index in [2.05, 4.69) is 32.9 Å². The zero-order chi connectivity index (χ0) is 14.8. The van der Waals surface area contributed by atoms with Crippen LogP contribution in [-0.4, -0.2) is 7.11 Å². The summed E-state index contributed by atoms with van der Waals surface area (Å²) < 4.78 is 5.24. The molecule has 1 aliphatic carbocycles. The van der Waals surface area contributed by atoms with Gasteiger partial charge in [0.2, 0.25) is 0 Å². The van der Waals surface area contributed by atoms with Crippen LogP contribution < -0.4 is 10.5 Å². The standard InChI is InChI=1S/C18H29NO/c1-17(2,3)14-6-5-12-18(19,13-11-14)15-7-9-16(20-4)10-8-15/h7-10,14H,5-6,11-13,19H2,1-4H3. The Morgan fingerprint density at radius 2 is 1.75 bits per heavy atom. The third-order valence-electron chi connectivity index (χ3n) is 5.00. The second-order valence-electron chi connectivity index (χ2n) is 7.38. The van der Waals surface area contributed by atoms with Gasteiger partial charge in [-0.3, -0.25) is 0 Å². The van der Waals surface area contributed by atoms with Gasteiger partial charge in [0.15, 0.2) is 0 Å². The van der Waals surface area contributed by atoms with E-state index in [1.54, 1.807) is 7.11 Å². The van der Waals surface area contributed by atoms with Crippen LogP contribution in [0.15, 0.2) is 24.3 Å². The first-order valence-corrected chi connectivity index (χ1v) is 7.78. The molecule has 0 aromatic heterocycles. The van der Waals surface area contributed by atoms with Crippen LogP contribution in [0.5, 0.6) is 5.75 Å². The fourth-order valence-electron chi connectivity index (χ4n) is 3.44. The van der Waals surface area contributed by atoms with Gasteiger partial charge in [-0.05, 0) is 54.7 Å². The Labute approximate surface area is 123 Å². The maximum absolute atomic E-state index is 6.74. The Morgan fingerprint density at radius 3 is 2.30 bits per heavy atom. The van der Waals surface area contributed by atoms with E-state index in [1.807, 2.05) is 12.1 Å². The highest BCUT2D eigenvalue weighted by Gasteiger charge is 2.34. The molecule has 20 heavy (non-hydrogen) atoms. The first-order chi connectivity index (χ1) is 9.35. The van der Waals surface area contributed by atoms with Gasteiger partial charge in [0.1, 0.15) is 5.75 Å². The van der Waals surface area contributed by atoms with Gasteiger partial charge in [-0.25, -0.2) is 0 Å². The maximum Gasteiger partial charge on any atom is 0.118 e. The van der Waals surface area contributed by atoms with Crippen LogP contribution in [0.3, 0.4) is 0 Å². The summed E-state index contributed by atoms with van der Waals surface area (Å²) in [4.78, 5) is 0. The van der Waals surface area contributed by atoms with E-state index >= 15 is 0 Å². The summed E-state index contributed by atoms with van der Waals surface area (Å²) in [7, 11) is 1.70. The summed E-state index contributed by atoms with van der Waals surface area (Å²) in [6, 6.07) is 8.32. The molecule has 1 fully saturated rings. The molecule has 1 aromatic rings. The Bertz CT molecular complexity index is 432. The fourth-order valence-corrected chi connectivity index (χ4v) is 3.44. The van der Waals surface area contributed by atoms with E-state index in [1.165, 1.54) is 24.8 Å². The molecular weight excluding hydrogens is 246 g/mol. The monoisotopic (exact) mass is 275 g/mol. The molecule has 0 bridgehead atoms. The number of hydrogen-bond donors (Lipinski definition) is 1. The quantitative estimate of drug-likeness (QED) is 0.808. The van der Waals surface area contributed by atoms with Gasteiger partial charge < -0.3 is 10.5 Å². The summed E-state index contributed by atoms with van der Waals surface area (Å²) >= 11 is 0. The molecule has 2 heteroatoms. The lowest BCUT2D eigenvalue weighted by Gasteiger charge is -2.32. The maximum atomic E-state index is 6.74. The zero-order valence-corrected chi connectivity index (χ0v) is 13.4. The SMILES string of the molecule is COc1ccc(C2(N)CCCC(C(C)(C)C)CC2)cc1. The molecule has 0 aliphatic heterocycles. The van der Waals surface area contributed by atoms with E-state index in [0.717, 1.165) is 24.5 Å². The van der Waals surface area contributed by atoms with Crippen LogP contribution >= 0.6 is 0 Å². The molecule has 112 valence electrons. The van der Waals surface area contributed by atoms with Gasteiger partial charge in [-0.2, -0.15) is 0 Å². The first-order valence-electron chi connectivity index (χ1n) is 7.78. The van der Waals surface area contributed by atoms with Gasteiger partial charge in [-0.15, -0.1) is 0 Å². The molecule has 0 saturated heterocycles. The molecule has 1 aromatic carbocycles. The van der Waals surface area contributed by atoms with Crippen molar-refractivity contribution in [2.45, 2.75) is 58.4 Å². The number of ether oxygens (including phenoxy) is 1. The Hall–Kier alpha value is -1.02. The van der Waals surface area contributed by atoms with Crippen molar-refractivity contribution in [3.8, 4) is 5.75 Å². The highest BCUT2D eigenvalue weighted by atomic mass is 16.5. The highest BCUT2D eigenvalue weighted by Crippen LogP contribution is 2.42. The number of rotatable bonds is 2. The normalized spacial score (nSPS) is 27.9. The molecular formula is C18H29NO. The molecule has 1 saturated carbocycles. The molecule has 0 heterocycles. The van der Waals surface area contributed by atoms with E-state index in [9.17, 15) is 0 Å². The minimum atomic E-state index is -0.160. The van der Waals surface area contributed by atoms with Gasteiger partial charge in [-0.1, -0.05) is 39.3 Å². The second-order valence-corrected chi connectivity index (χ2v) is 7.38. The van der Waals surface area contributed by atoms with Crippen LogP contribution in [0, 0.1) is 11.3 Å². The Kier molecular flexibility index (Phi) is 4.43. The van der Waals surface area contributed by atoms with E-state index in [-0.39, 0.29) is 5.54 Å². The van der Waals surface area contributed by atoms with Crippen LogP contribution in [0.1, 0.15) is 58.4 Å². The largest absolute Gasteiger partial charge is 0.497 e. The third kappa shape index (κ3) is 3.35. The summed E-state index contributed by atoms with van der Waals surface area (Å²) in [5.74, 6) is 1.68. The lowest BCUT2D eigenvalue weighted by Crippen LogP contribution is -2.36. The highest BCUT2D eigenvalue weighted by molar-refractivity contribution is 5.31. The molecule has 0 radical (unpaired) electrons. The lowest BCUT2D eigenvalue weighted by atomic mass is 9.75. The van der Waals surface area contributed by atoms with Crippen LogP contribution in [-0.2, 0) is 5.54 Å². The predicted octanol–water partition coefficient (Wildman–Crippen LogP) is 4.48. The van der Waals surface area contributed by atoms with Crippen molar-refractivity contribution < 1.29 is 4.74 Å². The molecule has 2 nitrogen and oxygen atoms in total. The molecule has 2 unspecified atom stereocenters. The van der Waals surface area contributed by atoms with Gasteiger partial charge in [0.25, 0.3) is 0 Å². The Balaban J connectivity index is 2.14. The smallest absolute Gasteiger partial charge is 0.118 e. The summed E-state index contributed by atoms with van der Waals surface area (Å²) in [5, 5.41) is 0. The van der Waals surface area contributed by atoms with E-state index in [4.69, 9.17) is 10.5 Å². The lowest BCUT2D eigenvalue weighted by molar-refractivity contribution is 0.211. The average molecular weight is 275 g/mol. The number of nitrogens with two attached hydrogens (primary N) is 1. The summed E-state index contributed by atoms with van der Waals surface area (Å²) in [6.45, 7) is 7.07. The average Bonchev–Trinajstić information content (AvgIpc) is 2.61. The van der Waals surface area contributed by atoms with E-state index < -0.39 is 0 Å². The number of hydrogen-bond acceptors (Lipinski definition) is 2. The minimum absolute atomic E-state index is 0.160. The van der Waals surface area contributed by atoms with Crippen molar-refractivity contribution in [1.29, 1.82) is 0 Å². The molecule has 0 amide bonds. The minimum Gasteiger partial charge on any atom is -0.497 e. The van der Waals surface area contributed by atoms with Gasteiger partial charge in [0.05, 0.1) is 7.11 Å². The number of benzene rings is 1. The second kappa shape index (κ2) is 5.77. The topological polar surface area (TPSA) is 35.2 Å². The van der Waals surface area contributed by atoms with Crippen LogP contribution in [0.25, 0.3) is 0 Å². The van der Waals surface area contributed by atoms with Crippen LogP contribution in [0.2, 0.25) is 0 Å². The summed E-state index contributed by atoms with van der Waals surface area (Å²) in [5.41, 5.74) is 8.23. The molecule has 2 N–H and O–H groups in total. The molecule has 1 aliphatic rings. The fraction of sp³-hybridized carbons (Fsp3) is 0.667. The van der Waals surface area contributed by atoms with Gasteiger partial charge in [0, 0.05) is 5.54 Å². The van der Waals surface area contributed by atoms with Crippen molar-refractivity contribution in [1.82, 2.24) is 0 Å². The Morgan fingerprint density at radius 1 is 1.10 bits per heavy atom. The summed E-state index contributed by atoms with van der Waals surface area (Å²) in [6.07, 6.45) is 5.93. The molecule has 2 rings (SSSR count). The zero-order valence-electron chi connectivity index (χ0n) is 13.4. The van der Waals surface area contributed by atoms with Crippen molar-refractivity contribution >= 4 is 0 Å². The van der Waals surface area contributed by atoms with Crippen LogP contribution in [0.4, 0.5) is 0 Å². The van der Waals surface area contributed by atoms with Crippen molar-refractivity contribution in [2.24, 2.45) is 17.1 Å². The third-order valence-corrected chi connectivity index (χ3v) is 5.00. The van der Waals surface area contributed by atoms with E-state index in [0.29, 0.717) is 5.41 Å². The predicted molar refractivity (Wildman–Crippen MR) is 84.9 cm³/mol. The first kappa shape index (κ1) is 15.4.